The van der Waals surface area contributed by atoms with Gasteiger partial charge in [0.05, 0.1) is 6.61 Å². The van der Waals surface area contributed by atoms with Gasteiger partial charge in [-0.3, -0.25) is 0 Å². The summed E-state index contributed by atoms with van der Waals surface area (Å²) >= 11 is 8.25. The van der Waals surface area contributed by atoms with Gasteiger partial charge < -0.3 is 15.0 Å². The molecule has 0 saturated carbocycles. The molecule has 0 aromatic heterocycles. The van der Waals surface area contributed by atoms with Gasteiger partial charge in [-0.1, -0.05) is 25.4 Å². The molecular weight excluding hydrogens is 304 g/mol. The van der Waals surface area contributed by atoms with E-state index in [1.165, 1.54) is 11.3 Å². The van der Waals surface area contributed by atoms with Crippen molar-refractivity contribution in [1.82, 2.24) is 5.32 Å². The fourth-order valence-corrected chi connectivity index (χ4v) is 4.30. The normalized spacial score (nSPS) is 22.6. The molecule has 0 radical (unpaired) electrons. The molecule has 1 aromatic carbocycles. The molecule has 1 saturated heterocycles. The number of nitrogens with one attached hydrogen (secondary N) is 1. The third-order valence-corrected chi connectivity index (χ3v) is 5.06. The summed E-state index contributed by atoms with van der Waals surface area (Å²) in [6, 6.07) is 6.23. The lowest BCUT2D eigenvalue weighted by molar-refractivity contribution is 0.199. The molecule has 0 amide bonds. The summed E-state index contributed by atoms with van der Waals surface area (Å²) < 4.78 is 5.08. The van der Waals surface area contributed by atoms with Crippen molar-refractivity contribution in [2.75, 3.05) is 38.3 Å². The molecule has 3 nitrogen and oxygen atoms in total. The average Bonchev–Trinajstić information content (AvgIpc) is 2.42. The number of nitrogens with zero attached hydrogens (tertiary/aromatic N) is 1. The van der Waals surface area contributed by atoms with Crippen molar-refractivity contribution < 1.29 is 4.74 Å². The molecule has 2 atom stereocenters. The second-order valence-corrected chi connectivity index (χ2v) is 7.92. The predicted molar refractivity (Wildman–Crippen MR) is 93.8 cm³/mol. The number of hydrogen-bond donors (Lipinski definition) is 1. The minimum absolute atomic E-state index is 0.665. The molecule has 1 fully saturated rings. The van der Waals surface area contributed by atoms with Gasteiger partial charge in [-0.15, -0.1) is 0 Å². The molecule has 0 bridgehead atoms. The lowest BCUT2D eigenvalue weighted by Crippen LogP contribution is -2.41. The van der Waals surface area contributed by atoms with Gasteiger partial charge in [0.2, 0.25) is 0 Å². The van der Waals surface area contributed by atoms with E-state index in [0.717, 1.165) is 37.8 Å². The molecule has 118 valence electrons. The maximum atomic E-state index is 6.18. The topological polar surface area (TPSA) is 24.5 Å². The average molecular weight is 329 g/mol. The van der Waals surface area contributed by atoms with E-state index in [4.69, 9.17) is 16.3 Å². The molecule has 0 spiro atoms. The van der Waals surface area contributed by atoms with Gasteiger partial charge in [0.1, 0.15) is 0 Å². The molecule has 2 unspecified atom stereocenters. The van der Waals surface area contributed by atoms with Crippen LogP contribution in [0.3, 0.4) is 0 Å². The molecule has 1 N–H and O–H groups in total. The highest BCUT2D eigenvalue weighted by Gasteiger charge is 2.23. The maximum absolute atomic E-state index is 6.18. The highest BCUT2D eigenvalue weighted by atomic mass is 35.5. The second kappa shape index (κ2) is 8.28. The smallest absolute Gasteiger partial charge is 0.0587 e. The first-order valence-corrected chi connectivity index (χ1v) is 8.80. The van der Waals surface area contributed by atoms with Gasteiger partial charge in [0.25, 0.3) is 0 Å². The molecule has 1 aliphatic rings. The summed E-state index contributed by atoms with van der Waals surface area (Å²) in [4.78, 5) is 2.50. The molecule has 1 heterocycles. The number of methoxy groups -OCH3 is 1. The van der Waals surface area contributed by atoms with Crippen LogP contribution >= 0.6 is 23.4 Å². The van der Waals surface area contributed by atoms with E-state index in [1.807, 2.05) is 6.07 Å². The summed E-state index contributed by atoms with van der Waals surface area (Å²) in [6.07, 6.45) is 0. The Morgan fingerprint density at radius 2 is 2.05 bits per heavy atom. The molecule has 21 heavy (non-hydrogen) atoms. The number of hydrogen-bond acceptors (Lipinski definition) is 4. The first-order chi connectivity index (χ1) is 10.1. The van der Waals surface area contributed by atoms with E-state index in [0.29, 0.717) is 10.5 Å². The summed E-state index contributed by atoms with van der Waals surface area (Å²) in [5.41, 5.74) is 2.58. The van der Waals surface area contributed by atoms with Crippen LogP contribution in [0.25, 0.3) is 0 Å². The van der Waals surface area contributed by atoms with E-state index in [1.54, 1.807) is 7.11 Å². The van der Waals surface area contributed by atoms with Crippen LogP contribution in [0.4, 0.5) is 5.69 Å². The maximum Gasteiger partial charge on any atom is 0.0587 e. The van der Waals surface area contributed by atoms with Gasteiger partial charge in [0, 0.05) is 54.5 Å². The van der Waals surface area contributed by atoms with Crippen LogP contribution in [-0.2, 0) is 11.3 Å². The Labute approximate surface area is 137 Å². The summed E-state index contributed by atoms with van der Waals surface area (Å²) in [7, 11) is 1.72. The van der Waals surface area contributed by atoms with Gasteiger partial charge in [0.15, 0.2) is 0 Å². The van der Waals surface area contributed by atoms with Crippen LogP contribution in [0.2, 0.25) is 5.02 Å². The van der Waals surface area contributed by atoms with Gasteiger partial charge >= 0.3 is 0 Å². The van der Waals surface area contributed by atoms with E-state index in [2.05, 4.69) is 48.0 Å². The number of rotatable bonds is 6. The van der Waals surface area contributed by atoms with E-state index in [9.17, 15) is 0 Å². The lowest BCUT2D eigenvalue weighted by atomic mass is 10.1. The van der Waals surface area contributed by atoms with Gasteiger partial charge in [-0.2, -0.15) is 11.8 Å². The van der Waals surface area contributed by atoms with Crippen LogP contribution in [0, 0.1) is 0 Å². The van der Waals surface area contributed by atoms with Crippen LogP contribution in [0.15, 0.2) is 18.2 Å². The molecule has 5 heteroatoms. The molecule has 1 aromatic rings. The van der Waals surface area contributed by atoms with Crippen LogP contribution in [0.5, 0.6) is 0 Å². The monoisotopic (exact) mass is 328 g/mol. The zero-order chi connectivity index (χ0) is 15.2. The predicted octanol–water partition coefficient (Wildman–Crippen LogP) is 3.41. The second-order valence-electron chi connectivity index (χ2n) is 5.60. The van der Waals surface area contributed by atoms with Crippen molar-refractivity contribution in [3.05, 3.63) is 28.8 Å². The van der Waals surface area contributed by atoms with E-state index in [-0.39, 0.29) is 0 Å². The Kier molecular flexibility index (Phi) is 6.68. The van der Waals surface area contributed by atoms with Gasteiger partial charge in [-0.25, -0.2) is 0 Å². The van der Waals surface area contributed by atoms with Gasteiger partial charge in [-0.05, 0) is 23.8 Å². The number of halogens is 1. The van der Waals surface area contributed by atoms with Crippen molar-refractivity contribution >= 4 is 29.1 Å². The quantitative estimate of drug-likeness (QED) is 0.809. The Balaban J connectivity index is 2.10. The van der Waals surface area contributed by atoms with Crippen molar-refractivity contribution in [3.8, 4) is 0 Å². The zero-order valence-corrected chi connectivity index (χ0v) is 14.6. The van der Waals surface area contributed by atoms with Crippen molar-refractivity contribution in [3.63, 3.8) is 0 Å². The fourth-order valence-electron chi connectivity index (χ4n) is 2.78. The molecule has 2 rings (SSSR count). The fraction of sp³-hybridized carbons (Fsp3) is 0.625. The number of thioether (sulfide) groups is 1. The van der Waals surface area contributed by atoms with Crippen molar-refractivity contribution in [2.24, 2.45) is 0 Å². The van der Waals surface area contributed by atoms with Crippen molar-refractivity contribution in [2.45, 2.75) is 30.9 Å². The largest absolute Gasteiger partial charge is 0.383 e. The summed E-state index contributed by atoms with van der Waals surface area (Å²) in [5, 5.41) is 5.55. The summed E-state index contributed by atoms with van der Waals surface area (Å²) in [5.74, 6) is 0. The highest BCUT2D eigenvalue weighted by Crippen LogP contribution is 2.31. The molecule has 0 aliphatic carbocycles. The number of anilines is 1. The SMILES string of the molecule is COCCNCc1cc(Cl)ccc1N1CC(C)SC(C)C1. The first kappa shape index (κ1) is 16.9. The van der Waals surface area contributed by atoms with E-state index >= 15 is 0 Å². The lowest BCUT2D eigenvalue weighted by Gasteiger charge is -2.37. The Morgan fingerprint density at radius 1 is 1.33 bits per heavy atom. The molecule has 1 aliphatic heterocycles. The standard InChI is InChI=1S/C16H25ClN2OS/c1-12-10-19(11-13(2)21-12)16-5-4-15(17)8-14(16)9-18-6-7-20-3/h4-5,8,12-13,18H,6-7,9-11H2,1-3H3. The minimum Gasteiger partial charge on any atom is -0.383 e. The highest BCUT2D eigenvalue weighted by molar-refractivity contribution is 8.00. The Bertz CT molecular complexity index is 448. The van der Waals surface area contributed by atoms with Crippen LogP contribution in [-0.4, -0.2) is 43.9 Å². The van der Waals surface area contributed by atoms with Crippen molar-refractivity contribution in [1.29, 1.82) is 0 Å². The van der Waals surface area contributed by atoms with E-state index < -0.39 is 0 Å². The minimum atomic E-state index is 0.665. The van der Waals surface area contributed by atoms with Crippen LogP contribution in [0.1, 0.15) is 19.4 Å². The number of benzene rings is 1. The number of ether oxygens (including phenoxy) is 1. The third kappa shape index (κ3) is 5.06. The summed E-state index contributed by atoms with van der Waals surface area (Å²) in [6.45, 7) is 9.21. The van der Waals surface area contributed by atoms with Crippen LogP contribution < -0.4 is 10.2 Å². The Hall–Kier alpha value is -0.420. The molecular formula is C16H25ClN2OS. The first-order valence-electron chi connectivity index (χ1n) is 7.48. The third-order valence-electron chi connectivity index (χ3n) is 3.60. The Morgan fingerprint density at radius 3 is 2.71 bits per heavy atom. The zero-order valence-electron chi connectivity index (χ0n) is 13.1.